The Balaban J connectivity index is 1.26. The molecular formula is C22H25N3S. The van der Waals surface area contributed by atoms with E-state index in [0.29, 0.717) is 5.11 Å². The van der Waals surface area contributed by atoms with Crippen molar-refractivity contribution < 1.29 is 0 Å². The fourth-order valence-electron chi connectivity index (χ4n) is 6.06. The monoisotopic (exact) mass is 363 g/mol. The molecule has 2 N–H and O–H groups in total. The van der Waals surface area contributed by atoms with Gasteiger partial charge in [0.15, 0.2) is 5.11 Å². The minimum atomic E-state index is 0.230. The van der Waals surface area contributed by atoms with Crippen LogP contribution in [0, 0.1) is 17.8 Å². The topological polar surface area (TPSA) is 36.4 Å². The molecule has 0 aliphatic heterocycles. The molecule has 4 aliphatic carbocycles. The molecule has 4 bridgehead atoms. The Morgan fingerprint density at radius 3 is 2.35 bits per heavy atom. The summed E-state index contributed by atoms with van der Waals surface area (Å²) in [4.78, 5) is 0. The van der Waals surface area contributed by atoms with Crippen molar-refractivity contribution in [2.24, 2.45) is 22.9 Å². The molecule has 4 aliphatic rings. The van der Waals surface area contributed by atoms with Crippen LogP contribution in [-0.2, 0) is 0 Å². The van der Waals surface area contributed by atoms with Gasteiger partial charge in [0.2, 0.25) is 0 Å². The Kier molecular flexibility index (Phi) is 3.96. The predicted molar refractivity (Wildman–Crippen MR) is 111 cm³/mol. The molecule has 4 heteroatoms. The zero-order valence-corrected chi connectivity index (χ0v) is 15.8. The van der Waals surface area contributed by atoms with E-state index in [-0.39, 0.29) is 5.54 Å². The number of hydrogen-bond donors (Lipinski definition) is 2. The molecule has 4 fully saturated rings. The molecule has 0 atom stereocenters. The lowest BCUT2D eigenvalue weighted by Gasteiger charge is -2.57. The first-order valence-electron chi connectivity index (χ1n) is 9.78. The van der Waals surface area contributed by atoms with Gasteiger partial charge in [-0.3, -0.25) is 5.43 Å². The molecule has 6 rings (SSSR count). The SMILES string of the molecule is S=C(N/N=C/c1cccc2ccccc12)NC12CC3CC(CC(C3)C1)C2. The highest BCUT2D eigenvalue weighted by Gasteiger charge is 2.51. The van der Waals surface area contributed by atoms with Crippen LogP contribution in [0.5, 0.6) is 0 Å². The second-order valence-electron chi connectivity index (χ2n) is 8.59. The summed E-state index contributed by atoms with van der Waals surface area (Å²) in [7, 11) is 0. The molecule has 3 nitrogen and oxygen atoms in total. The molecule has 2 aromatic carbocycles. The molecule has 0 unspecified atom stereocenters. The van der Waals surface area contributed by atoms with Gasteiger partial charge in [0.05, 0.1) is 6.21 Å². The van der Waals surface area contributed by atoms with Crippen LogP contribution in [0.2, 0.25) is 0 Å². The van der Waals surface area contributed by atoms with Crippen LogP contribution < -0.4 is 10.7 Å². The molecule has 26 heavy (non-hydrogen) atoms. The number of hydrogen-bond acceptors (Lipinski definition) is 2. The molecule has 0 saturated heterocycles. The van der Waals surface area contributed by atoms with Crippen LogP contribution in [0.4, 0.5) is 0 Å². The predicted octanol–water partition coefficient (Wildman–Crippen LogP) is 4.61. The summed E-state index contributed by atoms with van der Waals surface area (Å²) < 4.78 is 0. The van der Waals surface area contributed by atoms with Crippen molar-refractivity contribution in [3.05, 3.63) is 48.0 Å². The molecule has 134 valence electrons. The minimum absolute atomic E-state index is 0.230. The number of benzene rings is 2. The maximum Gasteiger partial charge on any atom is 0.187 e. The van der Waals surface area contributed by atoms with Gasteiger partial charge in [-0.25, -0.2) is 0 Å². The van der Waals surface area contributed by atoms with Crippen molar-refractivity contribution in [2.75, 3.05) is 0 Å². The number of fused-ring (bicyclic) bond motifs is 1. The summed E-state index contributed by atoms with van der Waals surface area (Å²) in [6.45, 7) is 0. The second-order valence-corrected chi connectivity index (χ2v) is 9.00. The summed E-state index contributed by atoms with van der Waals surface area (Å²) in [5, 5.41) is 11.2. The van der Waals surface area contributed by atoms with E-state index >= 15 is 0 Å². The van der Waals surface area contributed by atoms with Gasteiger partial charge in [0.25, 0.3) is 0 Å². The zero-order valence-electron chi connectivity index (χ0n) is 14.9. The van der Waals surface area contributed by atoms with Crippen LogP contribution in [-0.4, -0.2) is 16.9 Å². The van der Waals surface area contributed by atoms with Crippen LogP contribution in [0.3, 0.4) is 0 Å². The van der Waals surface area contributed by atoms with E-state index < -0.39 is 0 Å². The van der Waals surface area contributed by atoms with Gasteiger partial charge in [0.1, 0.15) is 0 Å². The van der Waals surface area contributed by atoms with Crippen molar-refractivity contribution in [1.29, 1.82) is 0 Å². The molecule has 4 saturated carbocycles. The fourth-order valence-corrected chi connectivity index (χ4v) is 6.33. The maximum absolute atomic E-state index is 5.56. The lowest BCUT2D eigenvalue weighted by molar-refractivity contribution is -0.0101. The summed E-state index contributed by atoms with van der Waals surface area (Å²) in [5.74, 6) is 2.74. The molecular weight excluding hydrogens is 338 g/mol. The Morgan fingerprint density at radius 1 is 0.962 bits per heavy atom. The van der Waals surface area contributed by atoms with Gasteiger partial charge >= 0.3 is 0 Å². The lowest BCUT2D eigenvalue weighted by atomic mass is 9.53. The van der Waals surface area contributed by atoms with Gasteiger partial charge in [-0.05, 0) is 79.3 Å². The third-order valence-electron chi connectivity index (χ3n) is 6.61. The quantitative estimate of drug-likeness (QED) is 0.475. The highest BCUT2D eigenvalue weighted by atomic mass is 32.1. The molecule has 2 aromatic rings. The standard InChI is InChI=1S/C22H25N3S/c26-21(24-22-11-15-8-16(12-22)10-17(9-15)13-22)25-23-14-19-6-3-5-18-4-1-2-7-20(18)19/h1-7,14-17H,8-13H2,(H2,24,25,26)/b23-14+. The smallest absolute Gasteiger partial charge is 0.187 e. The fraction of sp³-hybridized carbons (Fsp3) is 0.455. The molecule has 0 aromatic heterocycles. The molecule has 0 radical (unpaired) electrons. The average Bonchev–Trinajstić information content (AvgIpc) is 2.60. The molecule has 0 amide bonds. The van der Waals surface area contributed by atoms with Gasteiger partial charge in [0, 0.05) is 11.1 Å². The normalized spacial score (nSPS) is 32.2. The van der Waals surface area contributed by atoms with Crippen LogP contribution >= 0.6 is 12.2 Å². The van der Waals surface area contributed by atoms with Gasteiger partial charge in [-0.15, -0.1) is 0 Å². The lowest BCUT2D eigenvalue weighted by Crippen LogP contribution is -2.61. The second kappa shape index (κ2) is 6.34. The number of hydrazone groups is 1. The highest BCUT2D eigenvalue weighted by molar-refractivity contribution is 7.80. The van der Waals surface area contributed by atoms with Gasteiger partial charge in [-0.1, -0.05) is 42.5 Å². The number of rotatable bonds is 3. The summed E-state index contributed by atoms with van der Waals surface area (Å²) in [6, 6.07) is 14.7. The van der Waals surface area contributed by atoms with E-state index in [1.54, 1.807) is 0 Å². The summed E-state index contributed by atoms with van der Waals surface area (Å²) >= 11 is 5.56. The van der Waals surface area contributed by atoms with Crippen molar-refractivity contribution in [3.8, 4) is 0 Å². The van der Waals surface area contributed by atoms with Crippen molar-refractivity contribution in [3.63, 3.8) is 0 Å². The Bertz CT molecular complexity index is 832. The maximum atomic E-state index is 5.56. The Labute approximate surface area is 160 Å². The number of nitrogens with one attached hydrogen (secondary N) is 2. The summed E-state index contributed by atoms with van der Waals surface area (Å²) in [5.41, 5.74) is 4.40. The van der Waals surface area contributed by atoms with Crippen LogP contribution in [0.15, 0.2) is 47.6 Å². The van der Waals surface area contributed by atoms with E-state index in [2.05, 4.69) is 58.3 Å². The summed E-state index contributed by atoms with van der Waals surface area (Å²) in [6.07, 6.45) is 10.1. The van der Waals surface area contributed by atoms with Crippen LogP contribution in [0.1, 0.15) is 44.1 Å². The first kappa shape index (κ1) is 16.2. The van der Waals surface area contributed by atoms with Gasteiger partial charge < -0.3 is 5.32 Å². The van der Waals surface area contributed by atoms with Crippen LogP contribution in [0.25, 0.3) is 10.8 Å². The number of thiocarbonyl (C=S) groups is 1. The Hall–Kier alpha value is -1.94. The molecule has 0 heterocycles. The third-order valence-corrected chi connectivity index (χ3v) is 6.80. The minimum Gasteiger partial charge on any atom is -0.356 e. The van der Waals surface area contributed by atoms with E-state index in [0.717, 1.165) is 23.3 Å². The largest absolute Gasteiger partial charge is 0.356 e. The van der Waals surface area contributed by atoms with E-state index in [4.69, 9.17) is 12.2 Å². The van der Waals surface area contributed by atoms with Crippen molar-refractivity contribution >= 4 is 34.3 Å². The zero-order chi connectivity index (χ0) is 17.6. The number of nitrogens with zero attached hydrogens (tertiary/aromatic N) is 1. The van der Waals surface area contributed by atoms with E-state index in [9.17, 15) is 0 Å². The molecule has 0 spiro atoms. The first-order chi connectivity index (χ1) is 12.7. The van der Waals surface area contributed by atoms with Crippen molar-refractivity contribution in [1.82, 2.24) is 10.7 Å². The van der Waals surface area contributed by atoms with Gasteiger partial charge in [-0.2, -0.15) is 5.10 Å². The van der Waals surface area contributed by atoms with E-state index in [1.807, 2.05) is 6.21 Å². The Morgan fingerprint density at radius 2 is 1.62 bits per heavy atom. The average molecular weight is 364 g/mol. The van der Waals surface area contributed by atoms with E-state index in [1.165, 1.54) is 49.3 Å². The van der Waals surface area contributed by atoms with Crippen molar-refractivity contribution in [2.45, 2.75) is 44.1 Å². The highest BCUT2D eigenvalue weighted by Crippen LogP contribution is 2.55. The first-order valence-corrected chi connectivity index (χ1v) is 10.2. The third kappa shape index (κ3) is 3.01.